The van der Waals surface area contributed by atoms with Crippen LogP contribution in [0.3, 0.4) is 0 Å². The van der Waals surface area contributed by atoms with E-state index in [0.717, 1.165) is 5.69 Å². The maximum absolute atomic E-state index is 10.1. The van der Waals surface area contributed by atoms with Crippen molar-refractivity contribution in [3.63, 3.8) is 0 Å². The van der Waals surface area contributed by atoms with Crippen LogP contribution in [0.1, 0.15) is 6.42 Å². The fraction of sp³-hybridized carbons (Fsp3) is 0.273. The summed E-state index contributed by atoms with van der Waals surface area (Å²) in [4.78, 5) is 10.1. The zero-order valence-electron chi connectivity index (χ0n) is 9.73. The lowest BCUT2D eigenvalue weighted by atomic mass is 10.3. The molecule has 0 heterocycles. The molecule has 1 rings (SSSR count). The lowest BCUT2D eigenvalue weighted by Gasteiger charge is -2.12. The Kier molecular flexibility index (Phi) is 5.72. The van der Waals surface area contributed by atoms with E-state index in [1.165, 1.54) is 0 Å². The van der Waals surface area contributed by atoms with E-state index in [9.17, 15) is 9.90 Å². The molecule has 0 fully saturated rings. The number of carboxylic acid groups (broad SMARTS) is 1. The Hall–Kier alpha value is -2.02. The molecule has 0 saturated heterocycles. The molecule has 0 saturated carbocycles. The monoisotopic (exact) mass is 267 g/mol. The quantitative estimate of drug-likeness (QED) is 0.337. The third-order valence-electron chi connectivity index (χ3n) is 2.12. The molecule has 0 aliphatic rings. The normalized spacial score (nSPS) is 9.56. The van der Waals surface area contributed by atoms with Gasteiger partial charge in [-0.3, -0.25) is 0 Å². The third kappa shape index (κ3) is 5.35. The number of nitrogen functional groups attached to an aromatic ring is 1. The van der Waals surface area contributed by atoms with Gasteiger partial charge in [-0.25, -0.2) is 0 Å². The Morgan fingerprint density at radius 3 is 2.61 bits per heavy atom. The van der Waals surface area contributed by atoms with Gasteiger partial charge < -0.3 is 31.6 Å². The molecule has 0 aliphatic carbocycles. The molecule has 6 nitrogen and oxygen atoms in total. The van der Waals surface area contributed by atoms with Crippen LogP contribution in [-0.4, -0.2) is 24.3 Å². The average molecular weight is 267 g/mol. The first kappa shape index (κ1) is 14.0. The van der Waals surface area contributed by atoms with Gasteiger partial charge in [0, 0.05) is 13.1 Å². The molecule has 0 aliphatic heterocycles. The number of benzene rings is 1. The zero-order valence-corrected chi connectivity index (χ0v) is 10.5. The maximum Gasteiger partial charge on any atom is 0.170 e. The van der Waals surface area contributed by atoms with E-state index < -0.39 is 6.09 Å². The highest BCUT2D eigenvalue weighted by Gasteiger charge is 1.99. The molecular formula is C11H15N4O2S-. The summed E-state index contributed by atoms with van der Waals surface area (Å²) in [5, 5.41) is 18.6. The Morgan fingerprint density at radius 2 is 1.94 bits per heavy atom. The molecule has 0 spiro atoms. The number of thiocarbonyl (C=S) groups is 1. The molecule has 98 valence electrons. The van der Waals surface area contributed by atoms with Crippen LogP contribution in [-0.2, 0) is 0 Å². The van der Waals surface area contributed by atoms with E-state index in [1.807, 2.05) is 18.2 Å². The zero-order chi connectivity index (χ0) is 13.4. The highest BCUT2D eigenvalue weighted by Crippen LogP contribution is 2.16. The molecule has 18 heavy (non-hydrogen) atoms. The molecule has 0 radical (unpaired) electrons. The molecule has 0 unspecified atom stereocenters. The highest BCUT2D eigenvalue weighted by molar-refractivity contribution is 7.80. The SMILES string of the molecule is Nc1ccccc1NC(=S)NCCCNC(=O)[O-]. The molecule has 1 amide bonds. The number of nitrogens with two attached hydrogens (primary N) is 1. The van der Waals surface area contributed by atoms with Crippen LogP contribution < -0.4 is 26.8 Å². The number of amides is 1. The van der Waals surface area contributed by atoms with Gasteiger partial charge in [-0.2, -0.15) is 0 Å². The van der Waals surface area contributed by atoms with E-state index in [1.54, 1.807) is 6.07 Å². The standard InChI is InChI=1S/C11H16N4O2S/c12-8-4-1-2-5-9(8)15-10(18)13-6-3-7-14-11(16)17/h1-2,4-5,14H,3,6-7,12H2,(H,16,17)(H2,13,15,18)/p-1. The largest absolute Gasteiger partial charge is 0.530 e. The molecule has 0 aromatic heterocycles. The van der Waals surface area contributed by atoms with Crippen molar-refractivity contribution in [2.24, 2.45) is 0 Å². The Bertz CT molecular complexity index is 425. The average Bonchev–Trinajstić information content (AvgIpc) is 2.31. The third-order valence-corrected chi connectivity index (χ3v) is 2.36. The second-order valence-corrected chi connectivity index (χ2v) is 3.94. The number of para-hydroxylation sites is 2. The van der Waals surface area contributed by atoms with Gasteiger partial charge in [-0.1, -0.05) is 12.1 Å². The second kappa shape index (κ2) is 7.33. The summed E-state index contributed by atoms with van der Waals surface area (Å²) in [5.41, 5.74) is 7.10. The molecule has 1 aromatic carbocycles. The molecule has 1 aromatic rings. The van der Waals surface area contributed by atoms with Crippen molar-refractivity contribution < 1.29 is 9.90 Å². The van der Waals surface area contributed by atoms with Crippen LogP contribution in [0.5, 0.6) is 0 Å². The summed E-state index contributed by atoms with van der Waals surface area (Å²) in [5.74, 6) is 0. The van der Waals surface area contributed by atoms with Crippen molar-refractivity contribution in [2.45, 2.75) is 6.42 Å². The van der Waals surface area contributed by atoms with Crippen LogP contribution in [0.15, 0.2) is 24.3 Å². The summed E-state index contributed by atoms with van der Waals surface area (Å²) >= 11 is 5.07. The number of carbonyl (C=O) groups is 1. The van der Waals surface area contributed by atoms with Gasteiger partial charge in [-0.05, 0) is 30.8 Å². The van der Waals surface area contributed by atoms with Crippen LogP contribution in [0.25, 0.3) is 0 Å². The van der Waals surface area contributed by atoms with Gasteiger partial charge in [0.15, 0.2) is 5.11 Å². The van der Waals surface area contributed by atoms with Crippen molar-refractivity contribution in [3.8, 4) is 0 Å². The predicted molar refractivity (Wildman–Crippen MR) is 73.1 cm³/mol. The van der Waals surface area contributed by atoms with Gasteiger partial charge in [0.05, 0.1) is 11.4 Å². The summed E-state index contributed by atoms with van der Waals surface area (Å²) in [7, 11) is 0. The number of anilines is 2. The van der Waals surface area contributed by atoms with Crippen molar-refractivity contribution in [3.05, 3.63) is 24.3 Å². The number of nitrogens with one attached hydrogen (secondary N) is 3. The molecule has 0 bridgehead atoms. The van der Waals surface area contributed by atoms with Gasteiger partial charge in [0.1, 0.15) is 6.09 Å². The Balaban J connectivity index is 2.22. The van der Waals surface area contributed by atoms with Crippen LogP contribution in [0.2, 0.25) is 0 Å². The van der Waals surface area contributed by atoms with Gasteiger partial charge in [-0.15, -0.1) is 0 Å². The maximum atomic E-state index is 10.1. The highest BCUT2D eigenvalue weighted by atomic mass is 32.1. The van der Waals surface area contributed by atoms with E-state index >= 15 is 0 Å². The summed E-state index contributed by atoms with van der Waals surface area (Å²) in [6.07, 6.45) is -0.659. The summed E-state index contributed by atoms with van der Waals surface area (Å²) in [6.45, 7) is 0.879. The minimum atomic E-state index is -1.27. The fourth-order valence-electron chi connectivity index (χ4n) is 1.26. The fourth-order valence-corrected chi connectivity index (χ4v) is 1.47. The number of hydrogen-bond acceptors (Lipinski definition) is 4. The van der Waals surface area contributed by atoms with E-state index in [4.69, 9.17) is 18.0 Å². The van der Waals surface area contributed by atoms with Crippen molar-refractivity contribution in [1.82, 2.24) is 10.6 Å². The first-order valence-electron chi connectivity index (χ1n) is 5.44. The smallest absolute Gasteiger partial charge is 0.170 e. The molecular weight excluding hydrogens is 252 g/mol. The van der Waals surface area contributed by atoms with Gasteiger partial charge >= 0.3 is 0 Å². The lowest BCUT2D eigenvalue weighted by Crippen LogP contribution is -2.38. The Morgan fingerprint density at radius 1 is 1.28 bits per heavy atom. The molecule has 7 heteroatoms. The van der Waals surface area contributed by atoms with Crippen molar-refractivity contribution in [2.75, 3.05) is 24.1 Å². The molecule has 5 N–H and O–H groups in total. The number of hydrogen-bond donors (Lipinski definition) is 4. The Labute approximate surface area is 111 Å². The van der Waals surface area contributed by atoms with Crippen LogP contribution in [0, 0.1) is 0 Å². The number of carbonyl (C=O) groups excluding carboxylic acids is 1. The molecule has 0 atom stereocenters. The minimum Gasteiger partial charge on any atom is -0.530 e. The van der Waals surface area contributed by atoms with Crippen LogP contribution >= 0.6 is 12.2 Å². The van der Waals surface area contributed by atoms with E-state index in [2.05, 4.69) is 16.0 Å². The van der Waals surface area contributed by atoms with Crippen molar-refractivity contribution >= 4 is 34.8 Å². The van der Waals surface area contributed by atoms with Crippen molar-refractivity contribution in [1.29, 1.82) is 0 Å². The summed E-state index contributed by atoms with van der Waals surface area (Å²) < 4.78 is 0. The van der Waals surface area contributed by atoms with Crippen LogP contribution in [0.4, 0.5) is 16.2 Å². The minimum absolute atomic E-state index is 0.325. The van der Waals surface area contributed by atoms with Gasteiger partial charge in [0.25, 0.3) is 0 Å². The topological polar surface area (TPSA) is 102 Å². The van der Waals surface area contributed by atoms with E-state index in [0.29, 0.717) is 30.3 Å². The number of rotatable bonds is 5. The predicted octanol–water partition coefficient (Wildman–Crippen LogP) is -0.122. The first-order chi connectivity index (χ1) is 8.59. The lowest BCUT2D eigenvalue weighted by molar-refractivity contribution is -0.250. The first-order valence-corrected chi connectivity index (χ1v) is 5.84. The van der Waals surface area contributed by atoms with Gasteiger partial charge in [0.2, 0.25) is 0 Å². The summed E-state index contributed by atoms with van der Waals surface area (Å²) in [6, 6.07) is 7.28. The van der Waals surface area contributed by atoms with E-state index in [-0.39, 0.29) is 0 Å². The second-order valence-electron chi connectivity index (χ2n) is 3.54.